The molecule has 0 radical (unpaired) electrons. The fourth-order valence-corrected chi connectivity index (χ4v) is 0.747. The lowest BCUT2D eigenvalue weighted by Gasteiger charge is -2.02. The maximum absolute atomic E-state index is 11.4. The second-order valence-electron chi connectivity index (χ2n) is 1.52. The van der Waals surface area contributed by atoms with Gasteiger partial charge in [0.1, 0.15) is 6.10 Å². The number of thioether (sulfide) groups is 1. The van der Waals surface area contributed by atoms with E-state index in [2.05, 4.69) is 0 Å². The molecule has 9 heavy (non-hydrogen) atoms. The smallest absolute Gasteiger partial charge is 0.217 e. The Morgan fingerprint density at radius 2 is 2.44 bits per heavy atom. The number of hydrogen-bond acceptors (Lipinski definition) is 3. The van der Waals surface area contributed by atoms with E-state index in [0.29, 0.717) is 0 Å². The summed E-state index contributed by atoms with van der Waals surface area (Å²) < 4.78 is 11.4. The van der Waals surface area contributed by atoms with Gasteiger partial charge in [0.25, 0.3) is 0 Å². The highest BCUT2D eigenvalue weighted by Crippen LogP contribution is 2.03. The summed E-state index contributed by atoms with van der Waals surface area (Å²) in [6, 6.07) is 0. The molecular weight excluding hydrogens is 143 g/mol. The summed E-state index contributed by atoms with van der Waals surface area (Å²) in [6.45, 7) is -0.645. The van der Waals surface area contributed by atoms with Gasteiger partial charge in [-0.15, -0.1) is 0 Å². The Bertz CT molecular complexity index is 97.0. The average Bonchev–Trinajstić information content (AvgIpc) is 1.87. The minimum atomic E-state index is -1.12. The highest BCUT2D eigenvalue weighted by Gasteiger charge is 2.11. The van der Waals surface area contributed by atoms with Crippen LogP contribution in [0.2, 0.25) is 0 Å². The van der Waals surface area contributed by atoms with Crippen LogP contribution in [0.4, 0.5) is 4.39 Å². The van der Waals surface area contributed by atoms with E-state index in [1.807, 2.05) is 0 Å². The zero-order valence-electron chi connectivity index (χ0n) is 5.13. The predicted molar refractivity (Wildman–Crippen MR) is 35.1 cm³/mol. The SMILES string of the molecule is CSC(=O)C(O)CCF. The van der Waals surface area contributed by atoms with E-state index in [1.165, 1.54) is 0 Å². The van der Waals surface area contributed by atoms with Crippen molar-refractivity contribution >= 4 is 16.9 Å². The largest absolute Gasteiger partial charge is 0.384 e. The number of carbonyl (C=O) groups excluding carboxylic acids is 1. The molecule has 0 bridgehead atoms. The summed E-state index contributed by atoms with van der Waals surface area (Å²) in [6.07, 6.45) is 0.355. The van der Waals surface area contributed by atoms with Crippen molar-refractivity contribution in [2.45, 2.75) is 12.5 Å². The third-order valence-electron chi connectivity index (χ3n) is 0.856. The van der Waals surface area contributed by atoms with Gasteiger partial charge in [0.15, 0.2) is 0 Å². The summed E-state index contributed by atoms with van der Waals surface area (Å²) in [4.78, 5) is 10.4. The number of hydrogen-bond donors (Lipinski definition) is 1. The number of halogens is 1. The lowest BCUT2D eigenvalue weighted by molar-refractivity contribution is -0.118. The minimum Gasteiger partial charge on any atom is -0.384 e. The monoisotopic (exact) mass is 152 g/mol. The molecule has 54 valence electrons. The highest BCUT2D eigenvalue weighted by molar-refractivity contribution is 8.13. The normalized spacial score (nSPS) is 13.2. The zero-order chi connectivity index (χ0) is 7.28. The molecule has 0 saturated carbocycles. The molecule has 4 heteroatoms. The van der Waals surface area contributed by atoms with Crippen LogP contribution in [0, 0.1) is 0 Å². The Balaban J connectivity index is 3.45. The van der Waals surface area contributed by atoms with E-state index in [-0.39, 0.29) is 11.5 Å². The van der Waals surface area contributed by atoms with Gasteiger partial charge in [0.2, 0.25) is 5.12 Å². The molecule has 0 spiro atoms. The van der Waals surface area contributed by atoms with Gasteiger partial charge in [-0.1, -0.05) is 11.8 Å². The molecule has 0 aliphatic carbocycles. The first-order chi connectivity index (χ1) is 4.22. The number of aliphatic hydroxyl groups excluding tert-OH is 1. The van der Waals surface area contributed by atoms with E-state index >= 15 is 0 Å². The van der Waals surface area contributed by atoms with Gasteiger partial charge in [-0.2, -0.15) is 0 Å². The molecule has 0 aromatic rings. The molecule has 0 amide bonds. The lowest BCUT2D eigenvalue weighted by Crippen LogP contribution is -2.16. The number of carbonyl (C=O) groups is 1. The van der Waals surface area contributed by atoms with Crippen LogP contribution in [0.15, 0.2) is 0 Å². The first-order valence-corrected chi connectivity index (χ1v) is 3.76. The Kier molecular flexibility index (Phi) is 4.71. The quantitative estimate of drug-likeness (QED) is 0.643. The Morgan fingerprint density at radius 3 is 2.78 bits per heavy atom. The highest BCUT2D eigenvalue weighted by atomic mass is 32.2. The fourth-order valence-electron chi connectivity index (χ4n) is 0.357. The van der Waals surface area contributed by atoms with Gasteiger partial charge in [-0.3, -0.25) is 9.18 Å². The third kappa shape index (κ3) is 3.48. The molecule has 0 aliphatic rings. The van der Waals surface area contributed by atoms with Crippen molar-refractivity contribution in [3.8, 4) is 0 Å². The topological polar surface area (TPSA) is 37.3 Å². The molecule has 1 unspecified atom stereocenters. The Hall–Kier alpha value is -0.0900. The van der Waals surface area contributed by atoms with E-state index in [4.69, 9.17) is 5.11 Å². The minimum absolute atomic E-state index is 0.0837. The molecule has 0 aliphatic heterocycles. The van der Waals surface area contributed by atoms with Crippen LogP contribution in [-0.2, 0) is 4.79 Å². The van der Waals surface area contributed by atoms with Gasteiger partial charge >= 0.3 is 0 Å². The molecule has 0 aromatic carbocycles. The summed E-state index contributed by atoms with van der Waals surface area (Å²) >= 11 is 0.917. The number of aliphatic hydroxyl groups is 1. The van der Waals surface area contributed by atoms with Crippen LogP contribution >= 0.6 is 11.8 Å². The van der Waals surface area contributed by atoms with Crippen molar-refractivity contribution in [1.29, 1.82) is 0 Å². The number of alkyl halides is 1. The van der Waals surface area contributed by atoms with Crippen molar-refractivity contribution in [3.05, 3.63) is 0 Å². The Labute approximate surface area is 57.4 Å². The average molecular weight is 152 g/mol. The van der Waals surface area contributed by atoms with Gasteiger partial charge in [0, 0.05) is 6.42 Å². The van der Waals surface area contributed by atoms with Gasteiger partial charge in [-0.05, 0) is 6.26 Å². The van der Waals surface area contributed by atoms with Crippen molar-refractivity contribution in [1.82, 2.24) is 0 Å². The Morgan fingerprint density at radius 1 is 1.89 bits per heavy atom. The summed E-state index contributed by atoms with van der Waals surface area (Å²) in [5.74, 6) is 0. The van der Waals surface area contributed by atoms with E-state index in [1.54, 1.807) is 6.26 Å². The maximum Gasteiger partial charge on any atom is 0.217 e. The van der Waals surface area contributed by atoms with Crippen molar-refractivity contribution < 1.29 is 14.3 Å². The van der Waals surface area contributed by atoms with Crippen molar-refractivity contribution in [2.75, 3.05) is 12.9 Å². The standard InChI is InChI=1S/C5H9FO2S/c1-9-5(8)4(7)2-3-6/h4,7H,2-3H2,1H3. The van der Waals surface area contributed by atoms with E-state index in [0.717, 1.165) is 11.8 Å². The predicted octanol–water partition coefficient (Wildman–Crippen LogP) is 0.597. The van der Waals surface area contributed by atoms with Gasteiger partial charge < -0.3 is 5.11 Å². The maximum atomic E-state index is 11.4. The lowest BCUT2D eigenvalue weighted by atomic mass is 10.3. The van der Waals surface area contributed by atoms with E-state index < -0.39 is 12.8 Å². The van der Waals surface area contributed by atoms with Crippen molar-refractivity contribution in [2.24, 2.45) is 0 Å². The zero-order valence-corrected chi connectivity index (χ0v) is 5.95. The van der Waals surface area contributed by atoms with Crippen LogP contribution in [0.25, 0.3) is 0 Å². The first kappa shape index (κ1) is 8.91. The van der Waals surface area contributed by atoms with Crippen LogP contribution in [0.3, 0.4) is 0 Å². The second-order valence-corrected chi connectivity index (χ2v) is 2.33. The molecule has 0 aromatic heterocycles. The molecular formula is C5H9FO2S. The molecule has 0 rings (SSSR count). The molecule has 1 atom stereocenters. The van der Waals surface area contributed by atoms with Gasteiger partial charge in [-0.25, -0.2) is 0 Å². The van der Waals surface area contributed by atoms with Crippen LogP contribution in [-0.4, -0.2) is 29.3 Å². The van der Waals surface area contributed by atoms with Crippen LogP contribution in [0.1, 0.15) is 6.42 Å². The first-order valence-electron chi connectivity index (χ1n) is 2.54. The van der Waals surface area contributed by atoms with E-state index in [9.17, 15) is 9.18 Å². The fraction of sp³-hybridized carbons (Fsp3) is 0.800. The summed E-state index contributed by atoms with van der Waals surface area (Å²) in [5, 5.41) is 8.34. The summed E-state index contributed by atoms with van der Waals surface area (Å²) in [7, 11) is 0. The number of rotatable bonds is 3. The van der Waals surface area contributed by atoms with Crippen LogP contribution < -0.4 is 0 Å². The van der Waals surface area contributed by atoms with Crippen molar-refractivity contribution in [3.63, 3.8) is 0 Å². The third-order valence-corrected chi connectivity index (χ3v) is 1.53. The molecule has 0 fully saturated rings. The van der Waals surface area contributed by atoms with Crippen LogP contribution in [0.5, 0.6) is 0 Å². The summed E-state index contributed by atoms with van der Waals surface area (Å²) in [5.41, 5.74) is 0. The molecule has 2 nitrogen and oxygen atoms in total. The molecule has 1 N–H and O–H groups in total. The molecule has 0 heterocycles. The van der Waals surface area contributed by atoms with Gasteiger partial charge in [0.05, 0.1) is 6.67 Å². The molecule has 0 saturated heterocycles. The second kappa shape index (κ2) is 4.76.